The monoisotopic (exact) mass is 418 g/mol. The van der Waals surface area contributed by atoms with Gasteiger partial charge in [-0.15, -0.1) is 0 Å². The average Bonchev–Trinajstić information content (AvgIpc) is 2.55. The van der Waals surface area contributed by atoms with Crippen LogP contribution in [0, 0.1) is 0 Å². The molecule has 0 aliphatic rings. The number of carbonyl (C=O) groups is 4. The molecule has 0 fully saturated rings. The zero-order valence-corrected chi connectivity index (χ0v) is 14.8. The number of carboxylic acid groups (broad SMARTS) is 4. The molecule has 0 unspecified atom stereocenters. The Morgan fingerprint density at radius 1 is 0.480 bits per heavy atom. The molecule has 0 atom stereocenters. The quantitative estimate of drug-likeness (QED) is 0.501. The van der Waals surface area contributed by atoms with Gasteiger partial charge in [-0.2, -0.15) is 0 Å². The van der Waals surface area contributed by atoms with E-state index in [-0.39, 0.29) is 48.5 Å². The van der Waals surface area contributed by atoms with Crippen LogP contribution < -0.4 is 20.4 Å². The van der Waals surface area contributed by atoms with E-state index in [9.17, 15) is 39.6 Å². The van der Waals surface area contributed by atoms with Crippen molar-refractivity contribution in [1.82, 2.24) is 0 Å². The van der Waals surface area contributed by atoms with Crippen LogP contribution in [0.1, 0.15) is 41.4 Å². The van der Waals surface area contributed by atoms with Crippen LogP contribution in [-0.4, -0.2) is 23.9 Å². The molecule has 0 amide bonds. The molecule has 0 aromatic heterocycles. The van der Waals surface area contributed by atoms with Crippen LogP contribution in [0.4, 0.5) is 0 Å². The van der Waals surface area contributed by atoms with Crippen molar-refractivity contribution in [1.29, 1.82) is 0 Å². The SMILES string of the molecule is O=C([O-])c1ccccc1C(=O)[O-].O=C([O-])c1ccccc1C(=O)[O-].[Zr+4]. The molecule has 9 heteroatoms. The summed E-state index contributed by atoms with van der Waals surface area (Å²) in [5.41, 5.74) is -1.45. The van der Waals surface area contributed by atoms with E-state index in [0.717, 1.165) is 24.3 Å². The van der Waals surface area contributed by atoms with E-state index in [0.29, 0.717) is 0 Å². The van der Waals surface area contributed by atoms with Crippen LogP contribution in [0.3, 0.4) is 0 Å². The topological polar surface area (TPSA) is 161 Å². The van der Waals surface area contributed by atoms with Gasteiger partial charge in [0.2, 0.25) is 0 Å². The molecule has 2 aromatic rings. The van der Waals surface area contributed by atoms with Crippen LogP contribution in [0.15, 0.2) is 48.5 Å². The van der Waals surface area contributed by atoms with Crippen molar-refractivity contribution in [3.8, 4) is 0 Å². The zero-order chi connectivity index (χ0) is 18.3. The minimum absolute atomic E-state index is 0. The Kier molecular flexibility index (Phi) is 9.01. The maximum atomic E-state index is 10.3. The normalized spacial score (nSPS) is 8.96. The fourth-order valence-corrected chi connectivity index (χ4v) is 1.68. The van der Waals surface area contributed by atoms with Crippen LogP contribution >= 0.6 is 0 Å². The fourth-order valence-electron chi connectivity index (χ4n) is 1.68. The molecule has 0 saturated heterocycles. The predicted molar refractivity (Wildman–Crippen MR) is 70.2 cm³/mol. The minimum atomic E-state index is -1.52. The van der Waals surface area contributed by atoms with E-state index >= 15 is 0 Å². The van der Waals surface area contributed by atoms with Gasteiger partial charge in [0.15, 0.2) is 0 Å². The first-order chi connectivity index (χ1) is 11.3. The molecule has 2 rings (SSSR count). The Balaban J connectivity index is 0.000000443. The smallest absolute Gasteiger partial charge is 0.545 e. The summed E-state index contributed by atoms with van der Waals surface area (Å²) in [5, 5.41) is 41.3. The average molecular weight is 419 g/mol. The van der Waals surface area contributed by atoms with Gasteiger partial charge in [-0.25, -0.2) is 0 Å². The Bertz CT molecular complexity index is 667. The van der Waals surface area contributed by atoms with Crippen molar-refractivity contribution in [3.05, 3.63) is 70.8 Å². The molecule has 0 heterocycles. The van der Waals surface area contributed by atoms with E-state index in [2.05, 4.69) is 0 Å². The van der Waals surface area contributed by atoms with Gasteiger partial charge < -0.3 is 39.6 Å². The van der Waals surface area contributed by atoms with E-state index in [1.807, 2.05) is 0 Å². The van der Waals surface area contributed by atoms with Crippen molar-refractivity contribution < 1.29 is 65.8 Å². The number of benzene rings is 2. The molecule has 0 saturated carbocycles. The van der Waals surface area contributed by atoms with Crippen molar-refractivity contribution in [2.75, 3.05) is 0 Å². The summed E-state index contributed by atoms with van der Waals surface area (Å²) in [7, 11) is 0. The standard InChI is InChI=1S/2C8H6O4.Zr/c2*9-7(10)5-3-1-2-4-6(5)8(11)12;/h2*1-4H,(H,9,10)(H,11,12);/q;;+4/p-4. The van der Waals surface area contributed by atoms with Crippen LogP contribution in [-0.2, 0) is 26.2 Å². The summed E-state index contributed by atoms with van der Waals surface area (Å²) in [5.74, 6) is -6.07. The fraction of sp³-hybridized carbons (Fsp3) is 0. The summed E-state index contributed by atoms with van der Waals surface area (Å²) < 4.78 is 0. The van der Waals surface area contributed by atoms with Gasteiger partial charge in [0.1, 0.15) is 0 Å². The van der Waals surface area contributed by atoms with Gasteiger partial charge in [-0.3, -0.25) is 0 Å². The van der Waals surface area contributed by atoms with E-state index < -0.39 is 23.9 Å². The number of aromatic carboxylic acids is 4. The molecule has 0 spiro atoms. The molecular weight excluding hydrogens is 411 g/mol. The molecule has 124 valence electrons. The predicted octanol–water partition coefficient (Wildman–Crippen LogP) is -3.18. The second-order valence-electron chi connectivity index (χ2n) is 4.24. The number of hydrogen-bond donors (Lipinski definition) is 0. The maximum absolute atomic E-state index is 10.3. The third-order valence-corrected chi connectivity index (χ3v) is 2.73. The third-order valence-electron chi connectivity index (χ3n) is 2.73. The molecular formula is C16H8O8Zr. The molecule has 0 N–H and O–H groups in total. The van der Waals surface area contributed by atoms with Gasteiger partial charge in [0.25, 0.3) is 0 Å². The summed E-state index contributed by atoms with van der Waals surface area (Å²) in [6, 6.07) is 10.3. The largest absolute Gasteiger partial charge is 4.00 e. The van der Waals surface area contributed by atoms with Crippen LogP contribution in [0.2, 0.25) is 0 Å². The van der Waals surface area contributed by atoms with Crippen LogP contribution in [0.25, 0.3) is 0 Å². The first-order valence-electron chi connectivity index (χ1n) is 6.29. The molecule has 0 radical (unpaired) electrons. The Morgan fingerprint density at radius 2 is 0.640 bits per heavy atom. The number of carboxylic acids is 4. The molecule has 8 nitrogen and oxygen atoms in total. The second-order valence-corrected chi connectivity index (χ2v) is 4.24. The molecule has 0 aliphatic carbocycles. The molecule has 25 heavy (non-hydrogen) atoms. The summed E-state index contributed by atoms with van der Waals surface area (Å²) in [6.45, 7) is 0. The van der Waals surface area contributed by atoms with E-state index in [1.165, 1.54) is 24.3 Å². The van der Waals surface area contributed by atoms with Gasteiger partial charge in [0, 0.05) is 22.3 Å². The first kappa shape index (κ1) is 22.2. The molecule has 2 aromatic carbocycles. The minimum Gasteiger partial charge on any atom is -0.545 e. The van der Waals surface area contributed by atoms with Gasteiger partial charge >= 0.3 is 26.2 Å². The van der Waals surface area contributed by atoms with Crippen molar-refractivity contribution in [2.24, 2.45) is 0 Å². The number of rotatable bonds is 4. The van der Waals surface area contributed by atoms with Crippen molar-refractivity contribution in [2.45, 2.75) is 0 Å². The molecule has 0 bridgehead atoms. The Labute approximate surface area is 160 Å². The second kappa shape index (κ2) is 10.1. The van der Waals surface area contributed by atoms with Crippen molar-refractivity contribution in [3.63, 3.8) is 0 Å². The summed E-state index contributed by atoms with van der Waals surface area (Å²) >= 11 is 0. The Hall–Kier alpha value is -2.80. The van der Waals surface area contributed by atoms with Gasteiger partial charge in [0.05, 0.1) is 23.9 Å². The first-order valence-corrected chi connectivity index (χ1v) is 6.29. The van der Waals surface area contributed by atoms with E-state index in [4.69, 9.17) is 0 Å². The van der Waals surface area contributed by atoms with Gasteiger partial charge in [-0.05, 0) is 0 Å². The van der Waals surface area contributed by atoms with E-state index in [1.54, 1.807) is 0 Å². The summed E-state index contributed by atoms with van der Waals surface area (Å²) in [6.07, 6.45) is 0. The third kappa shape index (κ3) is 6.31. The summed E-state index contributed by atoms with van der Waals surface area (Å²) in [4.78, 5) is 41.3. The Morgan fingerprint density at radius 3 is 0.760 bits per heavy atom. The molecule has 0 aliphatic heterocycles. The number of hydrogen-bond acceptors (Lipinski definition) is 8. The number of carbonyl (C=O) groups excluding carboxylic acids is 4. The zero-order valence-electron chi connectivity index (χ0n) is 12.4. The maximum Gasteiger partial charge on any atom is 4.00 e. The van der Waals surface area contributed by atoms with Crippen molar-refractivity contribution >= 4 is 23.9 Å². The van der Waals surface area contributed by atoms with Crippen LogP contribution in [0.5, 0.6) is 0 Å². The van der Waals surface area contributed by atoms with Gasteiger partial charge in [-0.1, -0.05) is 48.5 Å².